The van der Waals surface area contributed by atoms with E-state index in [1.807, 2.05) is 0 Å². The van der Waals surface area contributed by atoms with Gasteiger partial charge in [0.05, 0.1) is 0 Å². The number of thioether (sulfide) groups is 1. The van der Waals surface area contributed by atoms with Gasteiger partial charge in [-0.05, 0) is 16.8 Å². The van der Waals surface area contributed by atoms with Crippen molar-refractivity contribution in [2.24, 2.45) is 5.16 Å². The lowest BCUT2D eigenvalue weighted by Crippen LogP contribution is -2.71. The molecule has 0 aliphatic carbocycles. The Morgan fingerprint density at radius 2 is 2.26 bits per heavy atom. The number of halogens is 1. The third-order valence-electron chi connectivity index (χ3n) is 4.85. The molecule has 0 aromatic carbocycles. The molecule has 184 valence electrons. The van der Waals surface area contributed by atoms with Crippen molar-refractivity contribution in [3.05, 3.63) is 40.2 Å². The van der Waals surface area contributed by atoms with E-state index < -0.39 is 41.6 Å². The molecule has 2 amide bonds. The van der Waals surface area contributed by atoms with Gasteiger partial charge in [0.2, 0.25) is 0 Å². The van der Waals surface area contributed by atoms with Crippen LogP contribution in [-0.2, 0) is 14.4 Å². The number of anilines is 1. The molecule has 2 aromatic heterocycles. The summed E-state index contributed by atoms with van der Waals surface area (Å²) in [6, 6.07) is 0.368. The second kappa shape index (κ2) is 10.1. The Balaban J connectivity index is 1.48. The van der Waals surface area contributed by atoms with Crippen molar-refractivity contribution in [2.75, 3.05) is 24.8 Å². The Bertz CT molecular complexity index is 1260. The van der Waals surface area contributed by atoms with Gasteiger partial charge in [0.15, 0.2) is 16.6 Å². The third kappa shape index (κ3) is 4.83. The van der Waals surface area contributed by atoms with Crippen LogP contribution in [0, 0.1) is 0 Å². The Morgan fingerprint density at radius 1 is 1.46 bits per heavy atom. The van der Waals surface area contributed by atoms with Gasteiger partial charge in [-0.25, -0.2) is 14.2 Å². The van der Waals surface area contributed by atoms with Crippen LogP contribution in [0.3, 0.4) is 0 Å². The van der Waals surface area contributed by atoms with E-state index in [9.17, 15) is 29.1 Å². The van der Waals surface area contributed by atoms with E-state index in [0.29, 0.717) is 5.57 Å². The van der Waals surface area contributed by atoms with Gasteiger partial charge in [-0.3, -0.25) is 14.5 Å². The summed E-state index contributed by atoms with van der Waals surface area (Å²) in [4.78, 5) is 42.3. The molecule has 0 saturated carbocycles. The minimum Gasteiger partial charge on any atom is -0.477 e. The van der Waals surface area contributed by atoms with Gasteiger partial charge in [0.25, 0.3) is 17.7 Å². The highest BCUT2D eigenvalue weighted by Gasteiger charge is 2.54. The van der Waals surface area contributed by atoms with E-state index in [-0.39, 0.29) is 40.5 Å². The standard InChI is InChI=1S/C19H17FN6O7S2/c20-3-4-32-11-5-9(33-25-11)2-1-8-6-34-17-13(16(28)26(17)14(8)18(29)30)23-15(27)12(24-31)10-7-35-19(21)22-10/h1-2,5,7,13,17,31H,3-4,6H2,(H2,21,22)(H,23,27)(H,29,30)/b2-1+,24-12-. The van der Waals surface area contributed by atoms with E-state index in [4.69, 9.17) is 15.0 Å². The molecule has 4 heterocycles. The molecule has 0 radical (unpaired) electrons. The number of nitrogen functional groups attached to an aromatic ring is 1. The molecule has 16 heteroatoms. The second-order valence-corrected chi connectivity index (χ2v) is 8.99. The van der Waals surface area contributed by atoms with E-state index >= 15 is 0 Å². The Kier molecular flexibility index (Phi) is 7.02. The minimum absolute atomic E-state index is 0.0386. The summed E-state index contributed by atoms with van der Waals surface area (Å²) in [6.45, 7) is -0.871. The number of ether oxygens (including phenoxy) is 1. The summed E-state index contributed by atoms with van der Waals surface area (Å²) in [5.41, 5.74) is 5.24. The number of carboxylic acid groups (broad SMARTS) is 1. The molecule has 2 aliphatic rings. The molecule has 35 heavy (non-hydrogen) atoms. The summed E-state index contributed by atoms with van der Waals surface area (Å²) in [6.07, 6.45) is 2.91. The predicted molar refractivity (Wildman–Crippen MR) is 122 cm³/mol. The SMILES string of the molecule is Nc1nc(/C(=N/O)C(=O)NC2C(=O)N3C(C(=O)O)=C(/C=C/c4cc(OCCF)no4)CSC23)cs1. The van der Waals surface area contributed by atoms with Gasteiger partial charge in [0, 0.05) is 17.2 Å². The summed E-state index contributed by atoms with van der Waals surface area (Å²) in [5, 5.41) is 28.9. The minimum atomic E-state index is -1.33. The molecule has 1 fully saturated rings. The lowest BCUT2D eigenvalue weighted by atomic mass is 10.0. The molecule has 13 nitrogen and oxygen atoms in total. The van der Waals surface area contributed by atoms with Crippen LogP contribution < -0.4 is 15.8 Å². The van der Waals surface area contributed by atoms with Crippen molar-refractivity contribution < 1.29 is 38.3 Å². The van der Waals surface area contributed by atoms with E-state index in [1.54, 1.807) is 0 Å². The number of allylic oxidation sites excluding steroid dienone is 1. The number of carbonyl (C=O) groups excluding carboxylic acids is 2. The topological polar surface area (TPSA) is 193 Å². The maximum absolute atomic E-state index is 12.8. The Labute approximate surface area is 204 Å². The zero-order valence-electron chi connectivity index (χ0n) is 17.6. The fraction of sp³-hybridized carbons (Fsp3) is 0.263. The van der Waals surface area contributed by atoms with Crippen molar-refractivity contribution in [3.63, 3.8) is 0 Å². The summed E-state index contributed by atoms with van der Waals surface area (Å²) >= 11 is 2.28. The smallest absolute Gasteiger partial charge is 0.352 e. The van der Waals surface area contributed by atoms with Crippen LogP contribution in [0.5, 0.6) is 5.88 Å². The van der Waals surface area contributed by atoms with Crippen molar-refractivity contribution in [2.45, 2.75) is 11.4 Å². The predicted octanol–water partition coefficient (Wildman–Crippen LogP) is 0.692. The van der Waals surface area contributed by atoms with Crippen LogP contribution in [0.2, 0.25) is 0 Å². The number of nitrogens with zero attached hydrogens (tertiary/aromatic N) is 4. The van der Waals surface area contributed by atoms with Gasteiger partial charge >= 0.3 is 5.97 Å². The number of amides is 2. The fourth-order valence-electron chi connectivity index (χ4n) is 3.33. The van der Waals surface area contributed by atoms with Gasteiger partial charge in [-0.2, -0.15) is 0 Å². The lowest BCUT2D eigenvalue weighted by Gasteiger charge is -2.49. The highest BCUT2D eigenvalue weighted by Crippen LogP contribution is 2.40. The third-order valence-corrected chi connectivity index (χ3v) is 6.83. The van der Waals surface area contributed by atoms with Crippen LogP contribution >= 0.6 is 23.1 Å². The summed E-state index contributed by atoms with van der Waals surface area (Å²) < 4.78 is 22.2. The molecule has 4 rings (SSSR count). The van der Waals surface area contributed by atoms with Crippen LogP contribution in [0.15, 0.2) is 38.5 Å². The number of hydrogen-bond donors (Lipinski definition) is 4. The quantitative estimate of drug-likeness (QED) is 0.156. The zero-order valence-corrected chi connectivity index (χ0v) is 19.2. The number of fused-ring (bicyclic) bond motifs is 1. The average molecular weight is 525 g/mol. The van der Waals surface area contributed by atoms with Gasteiger partial charge in [-0.15, -0.1) is 23.1 Å². The Morgan fingerprint density at radius 3 is 2.91 bits per heavy atom. The van der Waals surface area contributed by atoms with Crippen molar-refractivity contribution in [3.8, 4) is 5.88 Å². The Hall–Kier alpha value is -3.92. The van der Waals surface area contributed by atoms with Crippen LogP contribution in [0.4, 0.5) is 9.52 Å². The fourth-order valence-corrected chi connectivity index (χ4v) is 5.20. The van der Waals surface area contributed by atoms with Crippen LogP contribution in [-0.4, -0.2) is 79.3 Å². The first kappa shape index (κ1) is 24.2. The largest absolute Gasteiger partial charge is 0.477 e. The number of carboxylic acids is 1. The number of β-lactam (4-membered cyclic amide) rings is 1. The molecule has 0 spiro atoms. The highest BCUT2D eigenvalue weighted by atomic mass is 32.2. The first-order valence-corrected chi connectivity index (χ1v) is 11.8. The molecule has 2 unspecified atom stereocenters. The zero-order chi connectivity index (χ0) is 25.1. The number of nitrogens with one attached hydrogen (secondary N) is 1. The number of carbonyl (C=O) groups is 3. The maximum Gasteiger partial charge on any atom is 0.352 e. The van der Waals surface area contributed by atoms with Crippen molar-refractivity contribution >= 4 is 57.8 Å². The number of alkyl halides is 1. The highest BCUT2D eigenvalue weighted by molar-refractivity contribution is 8.00. The number of aromatic nitrogens is 2. The van der Waals surface area contributed by atoms with Gasteiger partial charge in [-0.1, -0.05) is 11.2 Å². The second-order valence-electron chi connectivity index (χ2n) is 7.00. The average Bonchev–Trinajstić information content (AvgIpc) is 3.48. The number of aliphatic carboxylic acids is 1. The van der Waals surface area contributed by atoms with E-state index in [2.05, 4.69) is 20.6 Å². The normalized spacial score (nSPS) is 20.1. The van der Waals surface area contributed by atoms with Gasteiger partial charge < -0.3 is 30.6 Å². The first-order valence-electron chi connectivity index (χ1n) is 9.83. The monoisotopic (exact) mass is 524 g/mol. The molecular formula is C19H17FN6O7S2. The van der Waals surface area contributed by atoms with Crippen molar-refractivity contribution in [1.29, 1.82) is 0 Å². The number of thiazole rings is 1. The maximum atomic E-state index is 12.8. The molecule has 2 aromatic rings. The molecule has 1 saturated heterocycles. The summed E-state index contributed by atoms with van der Waals surface area (Å²) in [5.74, 6) is -2.30. The molecule has 2 aliphatic heterocycles. The molecule has 2 atom stereocenters. The molecular weight excluding hydrogens is 507 g/mol. The molecule has 5 N–H and O–H groups in total. The van der Waals surface area contributed by atoms with Crippen molar-refractivity contribution in [1.82, 2.24) is 20.4 Å². The number of oxime groups is 1. The number of rotatable bonds is 9. The van der Waals surface area contributed by atoms with E-state index in [1.165, 1.54) is 35.4 Å². The van der Waals surface area contributed by atoms with Crippen LogP contribution in [0.25, 0.3) is 6.08 Å². The first-order chi connectivity index (χ1) is 16.8. The summed E-state index contributed by atoms with van der Waals surface area (Å²) in [7, 11) is 0. The van der Waals surface area contributed by atoms with Gasteiger partial charge in [0.1, 0.15) is 36.1 Å². The molecule has 0 bridgehead atoms. The van der Waals surface area contributed by atoms with E-state index in [0.717, 1.165) is 16.2 Å². The number of hydrogen-bond acceptors (Lipinski definition) is 12. The lowest BCUT2D eigenvalue weighted by molar-refractivity contribution is -0.150. The number of nitrogens with two attached hydrogens (primary N) is 1. The van der Waals surface area contributed by atoms with Crippen LogP contribution in [0.1, 0.15) is 11.5 Å².